The summed E-state index contributed by atoms with van der Waals surface area (Å²) in [6, 6.07) is 5.41. The second kappa shape index (κ2) is 5.50. The number of nitrogens with one attached hydrogen (secondary N) is 1. The van der Waals surface area contributed by atoms with Gasteiger partial charge in [0.1, 0.15) is 22.2 Å². The Morgan fingerprint density at radius 3 is 2.47 bits per heavy atom. The van der Waals surface area contributed by atoms with E-state index < -0.39 is 10.0 Å². The van der Waals surface area contributed by atoms with Crippen molar-refractivity contribution in [3.63, 3.8) is 0 Å². The molecule has 0 radical (unpaired) electrons. The van der Waals surface area contributed by atoms with Crippen LogP contribution in [0.15, 0.2) is 35.5 Å². The molecule has 0 bridgehead atoms. The molecule has 0 aliphatic rings. The molecule has 19 heavy (non-hydrogen) atoms. The molecule has 0 fully saturated rings. The van der Waals surface area contributed by atoms with Crippen molar-refractivity contribution in [2.24, 2.45) is 0 Å². The van der Waals surface area contributed by atoms with Crippen LogP contribution in [-0.2, 0) is 10.0 Å². The molecular formula is C10H6Cl3N3O2S. The van der Waals surface area contributed by atoms with E-state index in [0.717, 1.165) is 6.33 Å². The first-order valence-corrected chi connectivity index (χ1v) is 7.45. The Labute approximate surface area is 124 Å². The Morgan fingerprint density at radius 2 is 1.79 bits per heavy atom. The van der Waals surface area contributed by atoms with Crippen molar-refractivity contribution >= 4 is 50.6 Å². The van der Waals surface area contributed by atoms with Crippen molar-refractivity contribution in [1.29, 1.82) is 0 Å². The first-order valence-electron chi connectivity index (χ1n) is 4.84. The summed E-state index contributed by atoms with van der Waals surface area (Å²) in [5, 5.41) is 0.424. The minimum absolute atomic E-state index is 0.0380. The first-order chi connectivity index (χ1) is 8.88. The molecule has 1 N–H and O–H groups in total. The summed E-state index contributed by atoms with van der Waals surface area (Å²) in [4.78, 5) is 7.24. The molecule has 9 heteroatoms. The molecule has 100 valence electrons. The van der Waals surface area contributed by atoms with E-state index in [4.69, 9.17) is 34.8 Å². The number of sulfonamides is 1. The topological polar surface area (TPSA) is 72.0 Å². The van der Waals surface area contributed by atoms with Gasteiger partial charge in [0.25, 0.3) is 10.0 Å². The summed E-state index contributed by atoms with van der Waals surface area (Å²) in [6.07, 6.45) is 1.14. The van der Waals surface area contributed by atoms with E-state index in [2.05, 4.69) is 14.7 Å². The van der Waals surface area contributed by atoms with Gasteiger partial charge in [0, 0.05) is 11.1 Å². The Balaban J connectivity index is 2.40. The zero-order chi connectivity index (χ0) is 14.0. The number of rotatable bonds is 3. The highest BCUT2D eigenvalue weighted by Crippen LogP contribution is 2.26. The lowest BCUT2D eigenvalue weighted by Gasteiger charge is -2.09. The number of nitrogens with zero attached hydrogens (tertiary/aromatic N) is 2. The van der Waals surface area contributed by atoms with Gasteiger partial charge in [-0.15, -0.1) is 0 Å². The summed E-state index contributed by atoms with van der Waals surface area (Å²) in [5.41, 5.74) is 0. The van der Waals surface area contributed by atoms with E-state index in [9.17, 15) is 8.42 Å². The van der Waals surface area contributed by atoms with Crippen molar-refractivity contribution in [2.75, 3.05) is 4.72 Å². The third-order valence-corrected chi connectivity index (χ3v) is 4.33. The molecule has 2 aromatic rings. The fourth-order valence-corrected chi connectivity index (χ4v) is 3.18. The van der Waals surface area contributed by atoms with Gasteiger partial charge in [-0.3, -0.25) is 4.72 Å². The maximum Gasteiger partial charge on any atom is 0.264 e. The van der Waals surface area contributed by atoms with Gasteiger partial charge in [-0.25, -0.2) is 18.4 Å². The standard InChI is InChI=1S/C10H6Cl3N3O2S/c11-6-1-2-7(12)8(3-6)19(17,18)16-10-4-9(13)14-5-15-10/h1-5H,(H,14,15,16). The van der Waals surface area contributed by atoms with E-state index in [1.54, 1.807) is 0 Å². The molecular weight excluding hydrogens is 333 g/mol. The molecule has 2 rings (SSSR count). The monoisotopic (exact) mass is 337 g/mol. The van der Waals surface area contributed by atoms with Crippen LogP contribution < -0.4 is 4.72 Å². The van der Waals surface area contributed by atoms with Gasteiger partial charge in [0.2, 0.25) is 0 Å². The number of aromatic nitrogens is 2. The first kappa shape index (κ1) is 14.3. The molecule has 0 saturated carbocycles. The van der Waals surface area contributed by atoms with E-state index in [0.29, 0.717) is 0 Å². The number of anilines is 1. The fraction of sp³-hybridized carbons (Fsp3) is 0. The third kappa shape index (κ3) is 3.48. The Bertz CT molecular complexity index is 722. The molecule has 0 spiro atoms. The zero-order valence-electron chi connectivity index (χ0n) is 9.14. The van der Waals surface area contributed by atoms with Gasteiger partial charge in [0.15, 0.2) is 0 Å². The van der Waals surface area contributed by atoms with Crippen molar-refractivity contribution in [2.45, 2.75) is 4.90 Å². The maximum absolute atomic E-state index is 12.1. The summed E-state index contributed by atoms with van der Waals surface area (Å²) in [6.45, 7) is 0. The van der Waals surface area contributed by atoms with Crippen molar-refractivity contribution in [3.8, 4) is 0 Å². The van der Waals surface area contributed by atoms with Gasteiger partial charge in [-0.1, -0.05) is 34.8 Å². The van der Waals surface area contributed by atoms with Crippen molar-refractivity contribution in [3.05, 3.63) is 45.8 Å². The van der Waals surface area contributed by atoms with E-state index >= 15 is 0 Å². The van der Waals surface area contributed by atoms with Crippen LogP contribution in [0.4, 0.5) is 5.82 Å². The van der Waals surface area contributed by atoms with Crippen LogP contribution >= 0.6 is 34.8 Å². The van der Waals surface area contributed by atoms with Crippen LogP contribution in [0, 0.1) is 0 Å². The minimum atomic E-state index is -3.90. The largest absolute Gasteiger partial charge is 0.264 e. The SMILES string of the molecule is O=S(=O)(Nc1cc(Cl)ncn1)c1cc(Cl)ccc1Cl. The predicted octanol–water partition coefficient (Wildman–Crippen LogP) is 3.24. The molecule has 0 aliphatic heterocycles. The average Bonchev–Trinajstić information content (AvgIpc) is 2.31. The summed E-state index contributed by atoms with van der Waals surface area (Å²) < 4.78 is 26.5. The van der Waals surface area contributed by atoms with Crippen LogP contribution in [0.25, 0.3) is 0 Å². The lowest BCUT2D eigenvalue weighted by atomic mass is 10.4. The van der Waals surface area contributed by atoms with Crippen LogP contribution in [0.1, 0.15) is 0 Å². The Kier molecular flexibility index (Phi) is 4.15. The average molecular weight is 339 g/mol. The van der Waals surface area contributed by atoms with Gasteiger partial charge in [-0.2, -0.15) is 0 Å². The van der Waals surface area contributed by atoms with Crippen LogP contribution in [-0.4, -0.2) is 18.4 Å². The Hall–Kier alpha value is -1.08. The van der Waals surface area contributed by atoms with Crippen LogP contribution in [0.2, 0.25) is 15.2 Å². The number of hydrogen-bond acceptors (Lipinski definition) is 4. The molecule has 0 atom stereocenters. The highest BCUT2D eigenvalue weighted by atomic mass is 35.5. The zero-order valence-corrected chi connectivity index (χ0v) is 12.2. The normalized spacial score (nSPS) is 11.3. The van der Waals surface area contributed by atoms with Crippen LogP contribution in [0.3, 0.4) is 0 Å². The van der Waals surface area contributed by atoms with Gasteiger partial charge >= 0.3 is 0 Å². The van der Waals surface area contributed by atoms with Gasteiger partial charge in [0.05, 0.1) is 5.02 Å². The molecule has 5 nitrogen and oxygen atoms in total. The minimum Gasteiger partial charge on any atom is -0.263 e. The van der Waals surface area contributed by atoms with Crippen LogP contribution in [0.5, 0.6) is 0 Å². The Morgan fingerprint density at radius 1 is 1.05 bits per heavy atom. The van der Waals surface area contributed by atoms with E-state index in [1.165, 1.54) is 24.3 Å². The fourth-order valence-electron chi connectivity index (χ4n) is 1.27. The predicted molar refractivity (Wildman–Crippen MR) is 74.3 cm³/mol. The van der Waals surface area contributed by atoms with Crippen molar-refractivity contribution in [1.82, 2.24) is 9.97 Å². The molecule has 0 amide bonds. The molecule has 1 aromatic heterocycles. The highest BCUT2D eigenvalue weighted by Gasteiger charge is 2.19. The number of benzene rings is 1. The van der Waals surface area contributed by atoms with Gasteiger partial charge < -0.3 is 0 Å². The second-order valence-corrected chi connectivity index (χ2v) is 6.29. The van der Waals surface area contributed by atoms with E-state index in [1.807, 2.05) is 0 Å². The quantitative estimate of drug-likeness (QED) is 0.872. The van der Waals surface area contributed by atoms with Crippen molar-refractivity contribution < 1.29 is 8.42 Å². The molecule has 1 heterocycles. The smallest absolute Gasteiger partial charge is 0.263 e. The molecule has 0 unspecified atom stereocenters. The van der Waals surface area contributed by atoms with Gasteiger partial charge in [-0.05, 0) is 18.2 Å². The molecule has 1 aromatic carbocycles. The third-order valence-electron chi connectivity index (χ3n) is 2.06. The molecule has 0 aliphatic carbocycles. The summed E-state index contributed by atoms with van der Waals surface area (Å²) in [5.74, 6) is 0.0380. The maximum atomic E-state index is 12.1. The van der Waals surface area contributed by atoms with E-state index in [-0.39, 0.29) is 25.9 Å². The number of halogens is 3. The summed E-state index contributed by atoms with van der Waals surface area (Å²) in [7, 11) is -3.90. The molecule has 0 saturated heterocycles. The summed E-state index contributed by atoms with van der Waals surface area (Å²) >= 11 is 17.2. The lowest BCUT2D eigenvalue weighted by Crippen LogP contribution is -2.14. The second-order valence-electron chi connectivity index (χ2n) is 3.41. The lowest BCUT2D eigenvalue weighted by molar-refractivity contribution is 0.601. The highest BCUT2D eigenvalue weighted by molar-refractivity contribution is 7.92. The number of hydrogen-bond donors (Lipinski definition) is 1.